The van der Waals surface area contributed by atoms with E-state index in [4.69, 9.17) is 34.7 Å². The third-order valence-electron chi connectivity index (χ3n) is 1.61. The van der Waals surface area contributed by atoms with Crippen LogP contribution in [0.15, 0.2) is 18.2 Å². The second-order valence-corrected chi connectivity index (χ2v) is 3.37. The average Bonchev–Trinajstić information content (AvgIpc) is 2.08. The number of amides is 1. The fourth-order valence-electron chi connectivity index (χ4n) is 0.870. The van der Waals surface area contributed by atoms with E-state index in [2.05, 4.69) is 0 Å². The highest BCUT2D eigenvalue weighted by molar-refractivity contribution is 6.42. The Bertz CT molecular complexity index is 343. The molecule has 0 aliphatic heterocycles. The van der Waals surface area contributed by atoms with E-state index in [0.29, 0.717) is 15.6 Å². The summed E-state index contributed by atoms with van der Waals surface area (Å²) in [4.78, 5) is 10.7. The van der Waals surface area contributed by atoms with Gasteiger partial charge in [-0.1, -0.05) is 29.3 Å². The lowest BCUT2D eigenvalue weighted by molar-refractivity contribution is -0.119. The van der Waals surface area contributed by atoms with Gasteiger partial charge < -0.3 is 11.5 Å². The average molecular weight is 256 g/mol. The first-order chi connectivity index (χ1) is 6.02. The molecule has 1 rings (SSSR count). The molecule has 0 fully saturated rings. The molecule has 0 radical (unpaired) electrons. The Balaban J connectivity index is 0.00000169. The Morgan fingerprint density at radius 1 is 1.29 bits per heavy atom. The monoisotopic (exact) mass is 254 g/mol. The molecule has 1 atom stereocenters. The maximum atomic E-state index is 10.7. The molecule has 14 heavy (non-hydrogen) atoms. The van der Waals surface area contributed by atoms with Crippen molar-refractivity contribution in [3.63, 3.8) is 0 Å². The van der Waals surface area contributed by atoms with Crippen LogP contribution in [0.1, 0.15) is 11.6 Å². The van der Waals surface area contributed by atoms with E-state index in [1.54, 1.807) is 12.1 Å². The SMILES string of the molecule is Cl.NC(=O)C(N)c1ccc(Cl)c(Cl)c1. The number of hydrogen-bond acceptors (Lipinski definition) is 2. The summed E-state index contributed by atoms with van der Waals surface area (Å²) in [5.74, 6) is -0.599. The maximum absolute atomic E-state index is 10.7. The van der Waals surface area contributed by atoms with Crippen LogP contribution in [0.4, 0.5) is 0 Å². The molecule has 6 heteroatoms. The lowest BCUT2D eigenvalue weighted by Crippen LogP contribution is -2.28. The number of hydrogen-bond donors (Lipinski definition) is 2. The van der Waals surface area contributed by atoms with Gasteiger partial charge in [0.25, 0.3) is 0 Å². The van der Waals surface area contributed by atoms with Crippen LogP contribution in [0, 0.1) is 0 Å². The molecule has 0 heterocycles. The van der Waals surface area contributed by atoms with Crippen LogP contribution in [-0.2, 0) is 4.79 Å². The molecular weight excluding hydrogens is 246 g/mol. The molecule has 0 saturated carbocycles. The molecule has 0 spiro atoms. The predicted octanol–water partition coefficient (Wildman–Crippen LogP) is 1.90. The smallest absolute Gasteiger partial charge is 0.238 e. The fraction of sp³-hybridized carbons (Fsp3) is 0.125. The van der Waals surface area contributed by atoms with Crippen molar-refractivity contribution in [1.29, 1.82) is 0 Å². The van der Waals surface area contributed by atoms with Gasteiger partial charge in [-0.3, -0.25) is 4.79 Å². The quantitative estimate of drug-likeness (QED) is 0.847. The molecule has 0 saturated heterocycles. The van der Waals surface area contributed by atoms with Crippen molar-refractivity contribution in [1.82, 2.24) is 0 Å². The molecule has 1 unspecified atom stereocenters. The Kier molecular flexibility index (Phi) is 5.23. The zero-order chi connectivity index (χ0) is 10.0. The van der Waals surface area contributed by atoms with E-state index in [1.807, 2.05) is 0 Å². The van der Waals surface area contributed by atoms with Gasteiger partial charge in [-0.05, 0) is 17.7 Å². The van der Waals surface area contributed by atoms with Gasteiger partial charge >= 0.3 is 0 Å². The van der Waals surface area contributed by atoms with Gasteiger partial charge in [-0.15, -0.1) is 12.4 Å². The van der Waals surface area contributed by atoms with Crippen LogP contribution in [0.25, 0.3) is 0 Å². The predicted molar refractivity (Wildman–Crippen MR) is 59.8 cm³/mol. The maximum Gasteiger partial charge on any atom is 0.238 e. The minimum atomic E-state index is -0.838. The molecule has 0 aromatic heterocycles. The van der Waals surface area contributed by atoms with Crippen LogP contribution in [0.2, 0.25) is 10.0 Å². The van der Waals surface area contributed by atoms with Gasteiger partial charge in [0.1, 0.15) is 6.04 Å². The van der Waals surface area contributed by atoms with E-state index < -0.39 is 11.9 Å². The topological polar surface area (TPSA) is 69.1 Å². The summed E-state index contributed by atoms with van der Waals surface area (Å²) in [5, 5.41) is 0.776. The van der Waals surface area contributed by atoms with E-state index in [1.165, 1.54) is 6.07 Å². The van der Waals surface area contributed by atoms with Gasteiger partial charge in [-0.25, -0.2) is 0 Å². The molecule has 78 valence electrons. The lowest BCUT2D eigenvalue weighted by Gasteiger charge is -2.08. The molecule has 0 aliphatic rings. The van der Waals surface area contributed by atoms with Gasteiger partial charge in [0.15, 0.2) is 0 Å². The summed E-state index contributed by atoms with van der Waals surface area (Å²) in [6, 6.07) is 3.88. The molecule has 1 amide bonds. The fourth-order valence-corrected chi connectivity index (χ4v) is 1.18. The van der Waals surface area contributed by atoms with Crippen molar-refractivity contribution >= 4 is 41.5 Å². The highest BCUT2D eigenvalue weighted by atomic mass is 35.5. The zero-order valence-corrected chi connectivity index (χ0v) is 9.36. The van der Waals surface area contributed by atoms with E-state index in [9.17, 15) is 4.79 Å². The largest absolute Gasteiger partial charge is 0.368 e. The van der Waals surface area contributed by atoms with Crippen LogP contribution in [0.5, 0.6) is 0 Å². The van der Waals surface area contributed by atoms with Crippen LogP contribution in [-0.4, -0.2) is 5.91 Å². The van der Waals surface area contributed by atoms with Crippen molar-refractivity contribution in [2.75, 3.05) is 0 Å². The van der Waals surface area contributed by atoms with Gasteiger partial charge in [0.2, 0.25) is 5.91 Å². The van der Waals surface area contributed by atoms with Crippen molar-refractivity contribution in [2.24, 2.45) is 11.5 Å². The highest BCUT2D eigenvalue weighted by Gasteiger charge is 2.12. The number of nitrogens with two attached hydrogens (primary N) is 2. The highest BCUT2D eigenvalue weighted by Crippen LogP contribution is 2.24. The number of benzene rings is 1. The Hall–Kier alpha value is -0.480. The normalized spacial score (nSPS) is 11.6. The van der Waals surface area contributed by atoms with Gasteiger partial charge in [0.05, 0.1) is 10.0 Å². The molecule has 3 nitrogen and oxygen atoms in total. The first kappa shape index (κ1) is 13.5. The van der Waals surface area contributed by atoms with Gasteiger partial charge in [-0.2, -0.15) is 0 Å². The molecule has 0 aliphatic carbocycles. The van der Waals surface area contributed by atoms with Crippen molar-refractivity contribution < 1.29 is 4.79 Å². The Morgan fingerprint density at radius 3 is 2.29 bits per heavy atom. The number of rotatable bonds is 2. The van der Waals surface area contributed by atoms with E-state index in [-0.39, 0.29) is 12.4 Å². The number of halogens is 3. The first-order valence-electron chi connectivity index (χ1n) is 3.52. The third kappa shape index (κ3) is 3.03. The Morgan fingerprint density at radius 2 is 1.86 bits per heavy atom. The number of carbonyl (C=O) groups excluding carboxylic acids is 1. The molecular formula is C8H9Cl3N2O. The second kappa shape index (κ2) is 5.41. The number of primary amides is 1. The van der Waals surface area contributed by atoms with Gasteiger partial charge in [0, 0.05) is 0 Å². The summed E-state index contributed by atoms with van der Waals surface area (Å²) in [6.07, 6.45) is 0. The van der Waals surface area contributed by atoms with Crippen molar-refractivity contribution in [2.45, 2.75) is 6.04 Å². The van der Waals surface area contributed by atoms with E-state index >= 15 is 0 Å². The summed E-state index contributed by atoms with van der Waals surface area (Å²) in [5.41, 5.74) is 11.1. The van der Waals surface area contributed by atoms with Crippen LogP contribution < -0.4 is 11.5 Å². The molecule has 1 aromatic carbocycles. The zero-order valence-electron chi connectivity index (χ0n) is 7.04. The third-order valence-corrected chi connectivity index (χ3v) is 2.35. The summed E-state index contributed by atoms with van der Waals surface area (Å²) in [7, 11) is 0. The second-order valence-electron chi connectivity index (χ2n) is 2.55. The summed E-state index contributed by atoms with van der Waals surface area (Å²) in [6.45, 7) is 0. The molecule has 1 aromatic rings. The summed E-state index contributed by atoms with van der Waals surface area (Å²) >= 11 is 11.4. The first-order valence-corrected chi connectivity index (χ1v) is 4.28. The number of carbonyl (C=O) groups is 1. The van der Waals surface area contributed by atoms with Crippen molar-refractivity contribution in [3.8, 4) is 0 Å². The standard InChI is InChI=1S/C8H8Cl2N2O.ClH/c9-5-2-1-4(3-6(5)10)7(11)8(12)13;/h1-3,7H,11H2,(H2,12,13);1H. The lowest BCUT2D eigenvalue weighted by atomic mass is 10.1. The van der Waals surface area contributed by atoms with Crippen LogP contribution in [0.3, 0.4) is 0 Å². The summed E-state index contributed by atoms with van der Waals surface area (Å²) < 4.78 is 0. The minimum absolute atomic E-state index is 0. The minimum Gasteiger partial charge on any atom is -0.368 e. The molecule has 0 bridgehead atoms. The molecule has 4 N–H and O–H groups in total. The van der Waals surface area contributed by atoms with Crippen molar-refractivity contribution in [3.05, 3.63) is 33.8 Å². The van der Waals surface area contributed by atoms with Crippen LogP contribution >= 0.6 is 35.6 Å². The Labute approximate surface area is 97.8 Å². The van der Waals surface area contributed by atoms with E-state index in [0.717, 1.165) is 0 Å².